The van der Waals surface area contributed by atoms with Crippen LogP contribution in [0, 0.1) is 16.7 Å². The van der Waals surface area contributed by atoms with E-state index in [1.807, 2.05) is 34.6 Å². The highest BCUT2D eigenvalue weighted by atomic mass is 16.5. The Morgan fingerprint density at radius 2 is 1.31 bits per heavy atom. The smallest absolute Gasteiger partial charge is 0.314 e. The van der Waals surface area contributed by atoms with E-state index < -0.39 is 10.8 Å². The minimum Gasteiger partial charge on any atom is -0.465 e. The van der Waals surface area contributed by atoms with Crippen molar-refractivity contribution >= 4 is 11.9 Å². The van der Waals surface area contributed by atoms with Gasteiger partial charge in [0.2, 0.25) is 0 Å². The van der Waals surface area contributed by atoms with Crippen molar-refractivity contribution in [2.24, 2.45) is 16.7 Å². The summed E-state index contributed by atoms with van der Waals surface area (Å²) in [7, 11) is 0. The molecule has 0 heterocycles. The number of carbonyl (C=O) groups excluding carboxylic acids is 2. The summed E-state index contributed by atoms with van der Waals surface area (Å²) in [5.41, 5.74) is -1.44. The van der Waals surface area contributed by atoms with Crippen molar-refractivity contribution in [2.45, 2.75) is 74.1 Å². The van der Waals surface area contributed by atoms with Gasteiger partial charge < -0.3 is 19.7 Å². The lowest BCUT2D eigenvalue weighted by Gasteiger charge is -2.23. The van der Waals surface area contributed by atoms with Crippen LogP contribution in [-0.2, 0) is 19.1 Å². The van der Waals surface area contributed by atoms with Gasteiger partial charge in [0.25, 0.3) is 0 Å². The first-order valence-electron chi connectivity index (χ1n) is 9.62. The molecular weight excluding hydrogens is 336 g/mol. The molecule has 0 rings (SSSR count). The first kappa shape index (κ1) is 27.1. The fourth-order valence-electron chi connectivity index (χ4n) is 1.54. The monoisotopic (exact) mass is 376 g/mol. The molecule has 0 amide bonds. The molecule has 6 heteroatoms. The van der Waals surface area contributed by atoms with E-state index in [1.54, 1.807) is 13.8 Å². The standard InChI is InChI=1S/2C10H20O3/c1-5-10(4,7-11)9(12)13-6-8(2)3;1-4-6-7-13-9(12)10(3,5-2)8-11/h8,11H,5-7H2,1-4H3;11H,4-8H2,1-3H3. The molecule has 0 radical (unpaired) electrons. The van der Waals surface area contributed by atoms with Gasteiger partial charge in [-0.15, -0.1) is 0 Å². The van der Waals surface area contributed by atoms with Crippen molar-refractivity contribution in [1.29, 1.82) is 0 Å². The molecule has 0 spiro atoms. The predicted octanol–water partition coefficient (Wildman–Crippen LogP) is 3.33. The van der Waals surface area contributed by atoms with E-state index in [4.69, 9.17) is 19.7 Å². The van der Waals surface area contributed by atoms with Gasteiger partial charge in [0.15, 0.2) is 0 Å². The van der Waals surface area contributed by atoms with Crippen LogP contribution in [-0.4, -0.2) is 48.6 Å². The van der Waals surface area contributed by atoms with Gasteiger partial charge in [0, 0.05) is 0 Å². The summed E-state index contributed by atoms with van der Waals surface area (Å²) in [4.78, 5) is 22.9. The molecule has 0 aliphatic rings. The van der Waals surface area contributed by atoms with E-state index in [0.29, 0.717) is 32.0 Å². The summed E-state index contributed by atoms with van der Waals surface area (Å²) in [5.74, 6) is -0.249. The van der Waals surface area contributed by atoms with E-state index >= 15 is 0 Å². The molecule has 0 aliphatic heterocycles. The van der Waals surface area contributed by atoms with E-state index in [1.165, 1.54) is 0 Å². The predicted molar refractivity (Wildman–Crippen MR) is 103 cm³/mol. The van der Waals surface area contributed by atoms with Crippen molar-refractivity contribution in [3.8, 4) is 0 Å². The highest BCUT2D eigenvalue weighted by Gasteiger charge is 2.32. The Bertz CT molecular complexity index is 384. The fraction of sp³-hybridized carbons (Fsp3) is 0.900. The molecule has 2 atom stereocenters. The van der Waals surface area contributed by atoms with Crippen molar-refractivity contribution in [1.82, 2.24) is 0 Å². The molecule has 6 nitrogen and oxygen atoms in total. The van der Waals surface area contributed by atoms with E-state index in [9.17, 15) is 9.59 Å². The van der Waals surface area contributed by atoms with Gasteiger partial charge in [-0.25, -0.2) is 0 Å². The van der Waals surface area contributed by atoms with Gasteiger partial charge in [-0.2, -0.15) is 0 Å². The van der Waals surface area contributed by atoms with Crippen LogP contribution in [0.25, 0.3) is 0 Å². The second-order valence-electron chi connectivity index (χ2n) is 7.63. The third kappa shape index (κ3) is 10.1. The second kappa shape index (κ2) is 14.0. The Morgan fingerprint density at radius 1 is 0.885 bits per heavy atom. The molecule has 156 valence electrons. The molecule has 0 saturated carbocycles. The highest BCUT2D eigenvalue weighted by molar-refractivity contribution is 5.76. The molecule has 0 aromatic heterocycles. The number of unbranched alkanes of at least 4 members (excludes halogenated alkanes) is 1. The molecule has 0 bridgehead atoms. The number of hydrogen-bond acceptors (Lipinski definition) is 6. The Morgan fingerprint density at radius 3 is 1.62 bits per heavy atom. The average molecular weight is 377 g/mol. The van der Waals surface area contributed by atoms with Gasteiger partial charge in [-0.1, -0.05) is 41.0 Å². The van der Waals surface area contributed by atoms with Crippen LogP contribution in [0.1, 0.15) is 74.1 Å². The summed E-state index contributed by atoms with van der Waals surface area (Å²) in [6.45, 7) is 13.8. The van der Waals surface area contributed by atoms with Gasteiger partial charge >= 0.3 is 11.9 Å². The molecule has 2 unspecified atom stereocenters. The average Bonchev–Trinajstić information content (AvgIpc) is 2.65. The topological polar surface area (TPSA) is 93.1 Å². The summed E-state index contributed by atoms with van der Waals surface area (Å²) in [5, 5.41) is 18.0. The molecule has 2 N–H and O–H groups in total. The molecule has 0 saturated heterocycles. The lowest BCUT2D eigenvalue weighted by atomic mass is 9.89. The van der Waals surface area contributed by atoms with E-state index in [2.05, 4.69) is 0 Å². The minimum atomic E-state index is -0.727. The van der Waals surface area contributed by atoms with Crippen molar-refractivity contribution in [3.05, 3.63) is 0 Å². The van der Waals surface area contributed by atoms with Gasteiger partial charge in [0.1, 0.15) is 0 Å². The van der Waals surface area contributed by atoms with Crippen LogP contribution < -0.4 is 0 Å². The molecule has 0 aliphatic carbocycles. The third-order valence-electron chi connectivity index (χ3n) is 4.52. The van der Waals surface area contributed by atoms with Crippen molar-refractivity contribution in [2.75, 3.05) is 26.4 Å². The summed E-state index contributed by atoms with van der Waals surface area (Å²) < 4.78 is 10.1. The molecular formula is C20H40O6. The lowest BCUT2D eigenvalue weighted by molar-refractivity contribution is -0.159. The molecule has 26 heavy (non-hydrogen) atoms. The first-order valence-corrected chi connectivity index (χ1v) is 9.62. The Hall–Kier alpha value is -1.14. The largest absolute Gasteiger partial charge is 0.465 e. The van der Waals surface area contributed by atoms with Gasteiger partial charge in [0.05, 0.1) is 37.3 Å². The van der Waals surface area contributed by atoms with Crippen LogP contribution in [0.15, 0.2) is 0 Å². The number of aliphatic hydroxyl groups is 2. The van der Waals surface area contributed by atoms with Crippen molar-refractivity contribution in [3.63, 3.8) is 0 Å². The van der Waals surface area contributed by atoms with Crippen LogP contribution in [0.4, 0.5) is 0 Å². The summed E-state index contributed by atoms with van der Waals surface area (Å²) in [6.07, 6.45) is 3.10. The van der Waals surface area contributed by atoms with Crippen LogP contribution in [0.3, 0.4) is 0 Å². The van der Waals surface area contributed by atoms with E-state index in [-0.39, 0.29) is 25.2 Å². The summed E-state index contributed by atoms with van der Waals surface area (Å²) >= 11 is 0. The maximum atomic E-state index is 11.4. The number of carbonyl (C=O) groups is 2. The molecule has 0 aromatic carbocycles. The third-order valence-corrected chi connectivity index (χ3v) is 4.52. The van der Waals surface area contributed by atoms with Gasteiger partial charge in [-0.05, 0) is 39.0 Å². The SMILES string of the molecule is CCC(C)(CO)C(=O)OCC(C)C.CCCCOC(=O)C(C)(CC)CO. The second-order valence-corrected chi connectivity index (χ2v) is 7.63. The highest BCUT2D eigenvalue weighted by Crippen LogP contribution is 2.22. The first-order chi connectivity index (χ1) is 12.1. The Balaban J connectivity index is 0. The molecule has 0 aromatic rings. The molecule has 0 fully saturated rings. The zero-order valence-electron chi connectivity index (χ0n) is 17.8. The number of ether oxygens (including phenoxy) is 2. The lowest BCUT2D eigenvalue weighted by Crippen LogP contribution is -2.33. The van der Waals surface area contributed by atoms with Crippen LogP contribution in [0.2, 0.25) is 0 Å². The maximum absolute atomic E-state index is 11.4. The summed E-state index contributed by atoms with van der Waals surface area (Å²) in [6, 6.07) is 0. The van der Waals surface area contributed by atoms with Crippen molar-refractivity contribution < 1.29 is 29.3 Å². The van der Waals surface area contributed by atoms with E-state index in [0.717, 1.165) is 12.8 Å². The van der Waals surface area contributed by atoms with Crippen LogP contribution in [0.5, 0.6) is 0 Å². The Labute approximate surface area is 159 Å². The zero-order chi connectivity index (χ0) is 20.8. The number of esters is 2. The minimum absolute atomic E-state index is 0.144. The maximum Gasteiger partial charge on any atom is 0.314 e. The zero-order valence-corrected chi connectivity index (χ0v) is 17.8. The normalized spacial score (nSPS) is 15.3. The number of hydrogen-bond donors (Lipinski definition) is 2. The number of rotatable bonds is 11. The Kier molecular flexibility index (Phi) is 14.6. The number of aliphatic hydroxyl groups excluding tert-OH is 2. The van der Waals surface area contributed by atoms with Gasteiger partial charge in [-0.3, -0.25) is 9.59 Å². The fourth-order valence-corrected chi connectivity index (χ4v) is 1.54. The quantitative estimate of drug-likeness (QED) is 0.424. The van der Waals surface area contributed by atoms with Crippen LogP contribution >= 0.6 is 0 Å².